The number of hydrogen-bond acceptors (Lipinski definition) is 9. The van der Waals surface area contributed by atoms with Crippen molar-refractivity contribution < 1.29 is 19.6 Å². The largest absolute Gasteiger partial charge is 0.373 e. The zero-order valence-corrected chi connectivity index (χ0v) is 15.5. The van der Waals surface area contributed by atoms with Gasteiger partial charge in [-0.15, -0.1) is 0 Å². The summed E-state index contributed by atoms with van der Waals surface area (Å²) in [6.45, 7) is 0.438. The van der Waals surface area contributed by atoms with Crippen LogP contribution in [0.25, 0.3) is 0 Å². The van der Waals surface area contributed by atoms with Gasteiger partial charge >= 0.3 is 5.97 Å². The Balaban J connectivity index is 1.77. The fourth-order valence-corrected chi connectivity index (χ4v) is 4.05. The van der Waals surface area contributed by atoms with Gasteiger partial charge in [-0.2, -0.15) is 0 Å². The van der Waals surface area contributed by atoms with Crippen LogP contribution in [0.1, 0.15) is 19.3 Å². The molecule has 2 rings (SSSR count). The van der Waals surface area contributed by atoms with Crippen LogP contribution in [-0.4, -0.2) is 64.9 Å². The van der Waals surface area contributed by atoms with Crippen molar-refractivity contribution in [2.75, 3.05) is 26.5 Å². The first-order chi connectivity index (χ1) is 11.6. The van der Waals surface area contributed by atoms with E-state index in [9.17, 15) is 9.90 Å². The van der Waals surface area contributed by atoms with Gasteiger partial charge in [0.2, 0.25) is 0 Å². The highest BCUT2D eigenvalue weighted by Gasteiger charge is 2.30. The first-order valence-electron chi connectivity index (χ1n) is 7.77. The summed E-state index contributed by atoms with van der Waals surface area (Å²) in [5, 5.41) is 11.6. The molecule has 7 nitrogen and oxygen atoms in total. The molecule has 2 atom stereocenters. The molecule has 0 aromatic carbocycles. The molecule has 0 saturated carbocycles. The summed E-state index contributed by atoms with van der Waals surface area (Å²) in [4.78, 5) is 28.8. The summed E-state index contributed by atoms with van der Waals surface area (Å²) in [5.41, 5.74) is 0. The van der Waals surface area contributed by atoms with E-state index in [0.717, 1.165) is 22.4 Å². The zero-order valence-electron chi connectivity index (χ0n) is 13.8. The van der Waals surface area contributed by atoms with Crippen molar-refractivity contribution in [3.63, 3.8) is 0 Å². The number of aliphatic hydroxyl groups is 1. The monoisotopic (exact) mass is 373 g/mol. The number of hydrogen-bond donors (Lipinski definition) is 1. The van der Waals surface area contributed by atoms with E-state index in [1.165, 1.54) is 0 Å². The summed E-state index contributed by atoms with van der Waals surface area (Å²) in [6, 6.07) is 5.37. The van der Waals surface area contributed by atoms with Crippen molar-refractivity contribution in [3.05, 3.63) is 24.4 Å². The Bertz CT molecular complexity index is 507. The highest BCUT2D eigenvalue weighted by molar-refractivity contribution is 8.76. The van der Waals surface area contributed by atoms with Gasteiger partial charge in [0.25, 0.3) is 0 Å². The van der Waals surface area contributed by atoms with Gasteiger partial charge in [-0.25, -0.2) is 9.78 Å². The Hall–Kier alpha value is -0.840. The summed E-state index contributed by atoms with van der Waals surface area (Å²) in [7, 11) is 6.88. The number of carbonyl (C=O) groups excluding carboxylic acids is 1. The van der Waals surface area contributed by atoms with Crippen LogP contribution in [0, 0.1) is 0 Å². The van der Waals surface area contributed by atoms with Gasteiger partial charge in [0, 0.05) is 17.2 Å². The van der Waals surface area contributed by atoms with Crippen molar-refractivity contribution >= 4 is 27.6 Å². The number of nitrogens with zero attached hydrogens (tertiary/aromatic N) is 3. The van der Waals surface area contributed by atoms with Gasteiger partial charge < -0.3 is 9.94 Å². The van der Waals surface area contributed by atoms with E-state index in [0.29, 0.717) is 19.4 Å². The highest BCUT2D eigenvalue weighted by Crippen LogP contribution is 2.30. The topological polar surface area (TPSA) is 75.1 Å². The maximum atomic E-state index is 12.3. The van der Waals surface area contributed by atoms with E-state index in [1.54, 1.807) is 27.8 Å². The van der Waals surface area contributed by atoms with Gasteiger partial charge in [-0.05, 0) is 56.3 Å². The lowest BCUT2D eigenvalue weighted by atomic mass is 10.2. The molecule has 0 spiro atoms. The molecule has 1 aromatic heterocycles. The van der Waals surface area contributed by atoms with Gasteiger partial charge in [0.1, 0.15) is 11.1 Å². The number of hydroxylamine groups is 2. The van der Waals surface area contributed by atoms with Crippen molar-refractivity contribution in [1.82, 2.24) is 15.1 Å². The Morgan fingerprint density at radius 2 is 2.42 bits per heavy atom. The van der Waals surface area contributed by atoms with Crippen molar-refractivity contribution in [3.8, 4) is 0 Å². The van der Waals surface area contributed by atoms with E-state index < -0.39 is 18.2 Å². The normalized spacial score (nSPS) is 20.1. The third-order valence-corrected chi connectivity index (χ3v) is 5.70. The zero-order chi connectivity index (χ0) is 17.4. The number of aliphatic hydroxyl groups excluding tert-OH is 1. The summed E-state index contributed by atoms with van der Waals surface area (Å²) < 4.78 is 0. The number of likely N-dealkylation sites (N-methyl/N-ethyl adjacent to an activating group) is 1. The summed E-state index contributed by atoms with van der Waals surface area (Å²) in [5.74, 6) is 0.340. The molecule has 1 aliphatic heterocycles. The van der Waals surface area contributed by atoms with Crippen LogP contribution < -0.4 is 0 Å². The maximum absolute atomic E-state index is 12.3. The molecule has 0 aliphatic carbocycles. The summed E-state index contributed by atoms with van der Waals surface area (Å²) in [6.07, 6.45) is 2.75. The van der Waals surface area contributed by atoms with E-state index in [1.807, 2.05) is 37.2 Å². The number of rotatable bonds is 8. The minimum atomic E-state index is -0.903. The first-order valence-corrected chi connectivity index (χ1v) is 10.1. The average Bonchev–Trinajstić information content (AvgIpc) is 2.57. The van der Waals surface area contributed by atoms with Crippen LogP contribution >= 0.6 is 21.6 Å². The predicted octanol–water partition coefficient (Wildman–Crippen LogP) is 1.95. The summed E-state index contributed by atoms with van der Waals surface area (Å²) >= 11 is 0. The second-order valence-electron chi connectivity index (χ2n) is 5.49. The second-order valence-corrected chi connectivity index (χ2v) is 7.93. The number of carbonyl (C=O) groups is 1. The SMILES string of the molecule is CN(C)C(CCSSc1ccccn1)C(=O)ON1OCCCC1O. The molecule has 2 heterocycles. The number of aromatic nitrogens is 1. The molecule has 9 heteroatoms. The van der Waals surface area contributed by atoms with Crippen LogP contribution in [0.2, 0.25) is 0 Å². The fraction of sp³-hybridized carbons (Fsp3) is 0.600. The van der Waals surface area contributed by atoms with Gasteiger partial charge in [-0.1, -0.05) is 16.9 Å². The smallest absolute Gasteiger partial charge is 0.345 e. The lowest BCUT2D eigenvalue weighted by Crippen LogP contribution is -2.46. The van der Waals surface area contributed by atoms with Crippen molar-refractivity contribution in [2.45, 2.75) is 36.6 Å². The molecule has 1 aliphatic rings. The lowest BCUT2D eigenvalue weighted by Gasteiger charge is -2.31. The molecule has 1 N–H and O–H groups in total. The lowest BCUT2D eigenvalue weighted by molar-refractivity contribution is -0.412. The quantitative estimate of drug-likeness (QED) is 0.543. The van der Waals surface area contributed by atoms with E-state index in [-0.39, 0.29) is 0 Å². The Morgan fingerprint density at radius 3 is 3.08 bits per heavy atom. The van der Waals surface area contributed by atoms with Crippen LogP contribution in [0.15, 0.2) is 29.4 Å². The van der Waals surface area contributed by atoms with Crippen LogP contribution in [0.4, 0.5) is 0 Å². The van der Waals surface area contributed by atoms with E-state index >= 15 is 0 Å². The predicted molar refractivity (Wildman–Crippen MR) is 93.8 cm³/mol. The third-order valence-electron chi connectivity index (χ3n) is 3.40. The van der Waals surface area contributed by atoms with Crippen LogP contribution in [-0.2, 0) is 14.5 Å². The van der Waals surface area contributed by atoms with Crippen molar-refractivity contribution in [1.29, 1.82) is 0 Å². The number of pyridine rings is 1. The van der Waals surface area contributed by atoms with Gasteiger partial charge in [0.05, 0.1) is 6.61 Å². The first kappa shape index (κ1) is 19.5. The molecule has 24 heavy (non-hydrogen) atoms. The van der Waals surface area contributed by atoms with E-state index in [2.05, 4.69) is 4.98 Å². The molecule has 134 valence electrons. The van der Waals surface area contributed by atoms with E-state index in [4.69, 9.17) is 9.68 Å². The molecule has 2 unspecified atom stereocenters. The van der Waals surface area contributed by atoms with Gasteiger partial charge in [-0.3, -0.25) is 9.74 Å². The maximum Gasteiger partial charge on any atom is 0.345 e. The van der Waals surface area contributed by atoms with Crippen LogP contribution in [0.3, 0.4) is 0 Å². The Labute approximate surface area is 150 Å². The third kappa shape index (κ3) is 6.23. The molecular weight excluding hydrogens is 350 g/mol. The standard InChI is InChI=1S/C15H23N3O4S2/c1-17(2)12(8-11-23-24-13-6-3-4-9-16-13)15(20)22-18-14(19)7-5-10-21-18/h3-4,6,9,12,14,19H,5,7-8,10-11H2,1-2H3. The average molecular weight is 374 g/mol. The van der Waals surface area contributed by atoms with Crippen molar-refractivity contribution in [2.24, 2.45) is 0 Å². The highest BCUT2D eigenvalue weighted by atomic mass is 33.1. The molecule has 0 radical (unpaired) electrons. The Morgan fingerprint density at radius 1 is 1.58 bits per heavy atom. The molecule has 1 saturated heterocycles. The molecule has 0 amide bonds. The second kappa shape index (κ2) is 10.2. The minimum absolute atomic E-state index is 0.403. The minimum Gasteiger partial charge on any atom is -0.373 e. The van der Waals surface area contributed by atoms with Crippen LogP contribution in [0.5, 0.6) is 0 Å². The molecule has 1 aromatic rings. The Kier molecular flexibility index (Phi) is 8.30. The molecule has 0 bridgehead atoms. The van der Waals surface area contributed by atoms with Gasteiger partial charge in [0.15, 0.2) is 6.23 Å². The molecular formula is C15H23N3O4S2. The fourth-order valence-electron chi connectivity index (χ4n) is 2.09. The molecule has 1 fully saturated rings.